The van der Waals surface area contributed by atoms with Gasteiger partial charge in [0, 0.05) is 41.5 Å². The summed E-state index contributed by atoms with van der Waals surface area (Å²) in [6.07, 6.45) is -1.87. The topological polar surface area (TPSA) is 30.3 Å². The van der Waals surface area contributed by atoms with Gasteiger partial charge in [-0.3, -0.25) is 9.80 Å². The number of nitriles is 1. The van der Waals surface area contributed by atoms with Crippen molar-refractivity contribution in [3.8, 4) is 6.07 Å². The molecule has 0 spiro atoms. The maximum atomic E-state index is 9.34. The zero-order valence-electron chi connectivity index (χ0n) is 15.2. The summed E-state index contributed by atoms with van der Waals surface area (Å²) in [5.74, 6) is 0. The lowest BCUT2D eigenvalue weighted by Crippen LogP contribution is -2.52. The van der Waals surface area contributed by atoms with Gasteiger partial charge in [0.2, 0.25) is 0 Å². The van der Waals surface area contributed by atoms with Crippen molar-refractivity contribution in [3.63, 3.8) is 0 Å². The zero-order chi connectivity index (χ0) is 17.7. The number of hydrogen-bond acceptors (Lipinski definition) is 3. The maximum Gasteiger partial charge on any atom is 0.0638 e. The minimum absolute atomic E-state index is 0.435. The van der Waals surface area contributed by atoms with Crippen molar-refractivity contribution in [2.24, 2.45) is 0 Å². The first-order valence-corrected chi connectivity index (χ1v) is 8.04. The molecule has 0 radical (unpaired) electrons. The van der Waals surface area contributed by atoms with Crippen LogP contribution < -0.4 is 0 Å². The average Bonchev–Trinajstić information content (AvgIpc) is 2.64. The molecular formula is C20H23N3. The highest BCUT2D eigenvalue weighted by molar-refractivity contribution is 5.16. The molecule has 0 amide bonds. The first-order valence-electron chi connectivity index (χ1n) is 9.04. The van der Waals surface area contributed by atoms with Crippen LogP contribution in [0.4, 0.5) is 0 Å². The highest BCUT2D eigenvalue weighted by Gasteiger charge is 2.26. The molecule has 1 fully saturated rings. The molecule has 3 heteroatoms. The summed E-state index contributed by atoms with van der Waals surface area (Å²) < 4.78 is 16.3. The van der Waals surface area contributed by atoms with Crippen LogP contribution in [0.2, 0.25) is 0 Å². The molecule has 2 aromatic carbocycles. The van der Waals surface area contributed by atoms with Crippen LogP contribution in [0.1, 0.15) is 20.2 Å². The number of benzene rings is 2. The Morgan fingerprint density at radius 1 is 0.957 bits per heavy atom. The predicted octanol–water partition coefficient (Wildman–Crippen LogP) is 3.29. The van der Waals surface area contributed by atoms with Crippen LogP contribution in [0.5, 0.6) is 0 Å². The second-order valence-corrected chi connectivity index (χ2v) is 5.95. The van der Waals surface area contributed by atoms with E-state index in [1.807, 2.05) is 42.5 Å². The molecule has 1 unspecified atom stereocenters. The fourth-order valence-corrected chi connectivity index (χ4v) is 3.08. The fraction of sp³-hybridized carbons (Fsp3) is 0.350. The molecule has 0 saturated carbocycles. The van der Waals surface area contributed by atoms with Crippen LogP contribution in [0.3, 0.4) is 0 Å². The lowest BCUT2D eigenvalue weighted by atomic mass is 10.1. The highest BCUT2D eigenvalue weighted by Crippen LogP contribution is 2.18. The summed E-state index contributed by atoms with van der Waals surface area (Å²) in [6.45, 7) is 3.65. The number of hydrogen-bond donors (Lipinski definition) is 0. The van der Waals surface area contributed by atoms with Crippen molar-refractivity contribution in [2.75, 3.05) is 19.6 Å². The number of rotatable bonds is 5. The summed E-state index contributed by atoms with van der Waals surface area (Å²) in [5, 5.41) is 9.34. The summed E-state index contributed by atoms with van der Waals surface area (Å²) in [7, 11) is 0. The van der Waals surface area contributed by atoms with Crippen molar-refractivity contribution in [3.05, 3.63) is 71.8 Å². The normalized spacial score (nSPS) is 21.3. The van der Waals surface area contributed by atoms with Gasteiger partial charge in [-0.25, -0.2) is 0 Å². The summed E-state index contributed by atoms with van der Waals surface area (Å²) in [6, 6.07) is 21.7. The molecule has 1 saturated heterocycles. The molecule has 1 heterocycles. The second-order valence-electron chi connectivity index (χ2n) is 5.95. The third-order valence-corrected chi connectivity index (χ3v) is 4.28. The van der Waals surface area contributed by atoms with Gasteiger partial charge in [0.15, 0.2) is 0 Å². The van der Waals surface area contributed by atoms with Gasteiger partial charge in [0.1, 0.15) is 0 Å². The van der Waals surface area contributed by atoms with E-state index in [9.17, 15) is 5.26 Å². The summed E-state index contributed by atoms with van der Waals surface area (Å²) >= 11 is 0. The Morgan fingerprint density at radius 2 is 1.57 bits per heavy atom. The lowest BCUT2D eigenvalue weighted by Gasteiger charge is -2.40. The van der Waals surface area contributed by atoms with E-state index in [4.69, 9.17) is 2.74 Å². The van der Waals surface area contributed by atoms with Crippen molar-refractivity contribution in [2.45, 2.75) is 25.5 Å². The maximum absolute atomic E-state index is 9.34. The van der Waals surface area contributed by atoms with Crippen LogP contribution in [0.25, 0.3) is 0 Å². The SMILES string of the molecule is [2H]C([2H])(C#N)C1CN(Cc2ccccc2)CCN1Cc1ccccc1. The molecule has 2 aromatic rings. The number of nitrogens with zero attached hydrogens (tertiary/aromatic N) is 3. The predicted molar refractivity (Wildman–Crippen MR) is 92.6 cm³/mol. The standard InChI is InChI=1S/C20H23N3/c21-12-11-20-17-22(15-18-7-3-1-4-8-18)13-14-23(20)16-19-9-5-2-6-10-19/h1-10,20H,11,13-17H2/i11D2. The van der Waals surface area contributed by atoms with Crippen molar-refractivity contribution in [1.82, 2.24) is 9.80 Å². The first-order chi connectivity index (χ1) is 12.1. The monoisotopic (exact) mass is 307 g/mol. The molecule has 23 heavy (non-hydrogen) atoms. The number of piperazine rings is 1. The Labute approximate surface area is 141 Å². The van der Waals surface area contributed by atoms with E-state index in [1.165, 1.54) is 5.56 Å². The molecule has 3 rings (SSSR count). The Balaban J connectivity index is 1.73. The van der Waals surface area contributed by atoms with E-state index in [0.29, 0.717) is 13.1 Å². The minimum atomic E-state index is -1.87. The van der Waals surface area contributed by atoms with Crippen molar-refractivity contribution >= 4 is 0 Å². The molecule has 0 N–H and O–H groups in total. The van der Waals surface area contributed by atoms with Gasteiger partial charge in [-0.2, -0.15) is 5.26 Å². The zero-order valence-corrected chi connectivity index (χ0v) is 13.2. The minimum Gasteiger partial charge on any atom is -0.296 e. The van der Waals surface area contributed by atoms with Crippen molar-refractivity contribution < 1.29 is 2.74 Å². The lowest BCUT2D eigenvalue weighted by molar-refractivity contribution is 0.0662. The molecule has 0 bridgehead atoms. The van der Waals surface area contributed by atoms with Crippen LogP contribution in [-0.2, 0) is 13.1 Å². The fourth-order valence-electron chi connectivity index (χ4n) is 3.08. The molecule has 1 aliphatic rings. The van der Waals surface area contributed by atoms with Gasteiger partial charge in [-0.1, -0.05) is 60.7 Å². The van der Waals surface area contributed by atoms with E-state index >= 15 is 0 Å². The van der Waals surface area contributed by atoms with Crippen LogP contribution in [-0.4, -0.2) is 35.5 Å². The molecule has 0 aliphatic carbocycles. The van der Waals surface area contributed by atoms with E-state index < -0.39 is 12.4 Å². The summed E-state index contributed by atoms with van der Waals surface area (Å²) in [4.78, 5) is 4.36. The van der Waals surface area contributed by atoms with Crippen molar-refractivity contribution in [1.29, 1.82) is 5.26 Å². The molecular weight excluding hydrogens is 282 g/mol. The largest absolute Gasteiger partial charge is 0.296 e. The van der Waals surface area contributed by atoms with Gasteiger partial charge >= 0.3 is 0 Å². The average molecular weight is 307 g/mol. The molecule has 3 nitrogen and oxygen atoms in total. The van der Waals surface area contributed by atoms with Crippen LogP contribution in [0, 0.1) is 11.3 Å². The van der Waals surface area contributed by atoms with Gasteiger partial charge < -0.3 is 0 Å². The molecule has 118 valence electrons. The van der Waals surface area contributed by atoms with Gasteiger partial charge in [-0.05, 0) is 11.1 Å². The summed E-state index contributed by atoms with van der Waals surface area (Å²) in [5.41, 5.74) is 2.37. The van der Waals surface area contributed by atoms with E-state index in [0.717, 1.165) is 25.2 Å². The Kier molecular flexibility index (Phi) is 4.58. The Bertz CT molecular complexity index is 713. The van der Waals surface area contributed by atoms with Gasteiger partial charge in [-0.15, -0.1) is 0 Å². The molecule has 1 atom stereocenters. The van der Waals surface area contributed by atoms with Gasteiger partial charge in [0.05, 0.1) is 12.4 Å². The Morgan fingerprint density at radius 3 is 2.17 bits per heavy atom. The molecule has 1 aliphatic heterocycles. The van der Waals surface area contributed by atoms with Gasteiger partial charge in [0.25, 0.3) is 0 Å². The van der Waals surface area contributed by atoms with Crippen LogP contribution in [0.15, 0.2) is 60.7 Å². The van der Waals surface area contributed by atoms with E-state index in [-0.39, 0.29) is 0 Å². The first kappa shape index (κ1) is 13.3. The van der Waals surface area contributed by atoms with E-state index in [1.54, 1.807) is 0 Å². The van der Waals surface area contributed by atoms with E-state index in [2.05, 4.69) is 34.1 Å². The smallest absolute Gasteiger partial charge is 0.0638 e. The highest BCUT2D eigenvalue weighted by atomic mass is 15.3. The third-order valence-electron chi connectivity index (χ3n) is 4.28. The Hall–Kier alpha value is -2.15. The third kappa shape index (κ3) is 4.41. The van der Waals surface area contributed by atoms with Crippen LogP contribution >= 0.6 is 0 Å². The molecule has 0 aromatic heterocycles. The quantitative estimate of drug-likeness (QED) is 0.849. The second kappa shape index (κ2) is 7.92.